The average molecular weight is 383 g/mol. The van der Waals surface area contributed by atoms with Gasteiger partial charge in [-0.1, -0.05) is 11.6 Å². The van der Waals surface area contributed by atoms with Gasteiger partial charge < -0.3 is 0 Å². The Labute approximate surface area is 136 Å². The Hall–Kier alpha value is -1.75. The SMILES string of the molecule is NS(=O)(=O)c1ccc(NS(=O)(=O)c2ccc(Cl)cc2F)c(F)c1. The highest BCUT2D eigenvalue weighted by Gasteiger charge is 2.21. The van der Waals surface area contributed by atoms with Crippen molar-refractivity contribution in [2.45, 2.75) is 9.79 Å². The van der Waals surface area contributed by atoms with Gasteiger partial charge in [0.25, 0.3) is 10.0 Å². The van der Waals surface area contributed by atoms with E-state index in [-0.39, 0.29) is 5.02 Å². The highest BCUT2D eigenvalue weighted by Crippen LogP contribution is 2.24. The van der Waals surface area contributed by atoms with Gasteiger partial charge in [0.1, 0.15) is 16.5 Å². The molecule has 6 nitrogen and oxygen atoms in total. The van der Waals surface area contributed by atoms with Gasteiger partial charge in [0.05, 0.1) is 10.6 Å². The molecular formula is C12H9ClF2N2O4S2. The maximum Gasteiger partial charge on any atom is 0.264 e. The summed E-state index contributed by atoms with van der Waals surface area (Å²) in [4.78, 5) is -1.27. The fraction of sp³-hybridized carbons (Fsp3) is 0. The molecule has 2 aromatic rings. The van der Waals surface area contributed by atoms with Crippen LogP contribution >= 0.6 is 11.6 Å². The van der Waals surface area contributed by atoms with Crippen LogP contribution in [0, 0.1) is 11.6 Å². The van der Waals surface area contributed by atoms with E-state index in [0.717, 1.165) is 30.3 Å². The fourth-order valence-electron chi connectivity index (χ4n) is 1.65. The Morgan fingerprint density at radius 1 is 0.957 bits per heavy atom. The number of nitrogens with one attached hydrogen (secondary N) is 1. The molecule has 0 saturated carbocycles. The van der Waals surface area contributed by atoms with Gasteiger partial charge in [-0.15, -0.1) is 0 Å². The Morgan fingerprint density at radius 3 is 2.13 bits per heavy atom. The van der Waals surface area contributed by atoms with Crippen LogP contribution in [0.5, 0.6) is 0 Å². The number of primary sulfonamides is 1. The minimum atomic E-state index is -4.44. The van der Waals surface area contributed by atoms with E-state index in [4.69, 9.17) is 16.7 Å². The zero-order chi connectivity index (χ0) is 17.4. The number of hydrogen-bond donors (Lipinski definition) is 2. The zero-order valence-electron chi connectivity index (χ0n) is 11.1. The first-order chi connectivity index (χ1) is 10.5. The molecule has 11 heteroatoms. The van der Waals surface area contributed by atoms with E-state index in [1.54, 1.807) is 0 Å². The minimum Gasteiger partial charge on any atom is -0.277 e. The Balaban J connectivity index is 2.42. The molecule has 2 rings (SSSR count). The van der Waals surface area contributed by atoms with Gasteiger partial charge in [-0.25, -0.2) is 30.8 Å². The van der Waals surface area contributed by atoms with Crippen molar-refractivity contribution in [3.8, 4) is 0 Å². The second kappa shape index (κ2) is 6.04. The number of benzene rings is 2. The van der Waals surface area contributed by atoms with E-state index in [0.29, 0.717) is 6.07 Å². The molecule has 0 radical (unpaired) electrons. The lowest BCUT2D eigenvalue weighted by molar-refractivity contribution is 0.569. The fourth-order valence-corrected chi connectivity index (χ4v) is 3.46. The first-order valence-electron chi connectivity index (χ1n) is 5.81. The Morgan fingerprint density at radius 2 is 1.61 bits per heavy atom. The number of halogens is 3. The second-order valence-corrected chi connectivity index (χ2v) is 8.02. The van der Waals surface area contributed by atoms with E-state index in [1.165, 1.54) is 0 Å². The van der Waals surface area contributed by atoms with Crippen LogP contribution in [0.4, 0.5) is 14.5 Å². The molecule has 2 aromatic carbocycles. The normalized spacial score (nSPS) is 12.2. The summed E-state index contributed by atoms with van der Waals surface area (Å²) in [6, 6.07) is 5.17. The predicted octanol–water partition coefficient (Wildman–Crippen LogP) is 2.07. The van der Waals surface area contributed by atoms with Crippen LogP contribution in [0.25, 0.3) is 0 Å². The van der Waals surface area contributed by atoms with E-state index >= 15 is 0 Å². The van der Waals surface area contributed by atoms with Crippen molar-refractivity contribution in [3.63, 3.8) is 0 Å². The molecule has 0 fully saturated rings. The molecular weight excluding hydrogens is 374 g/mol. The summed E-state index contributed by atoms with van der Waals surface area (Å²) in [6.07, 6.45) is 0. The maximum atomic E-state index is 13.8. The number of hydrogen-bond acceptors (Lipinski definition) is 4. The van der Waals surface area contributed by atoms with E-state index in [9.17, 15) is 25.6 Å². The Kier molecular flexibility index (Phi) is 4.62. The van der Waals surface area contributed by atoms with E-state index < -0.39 is 47.2 Å². The molecule has 0 aliphatic rings. The van der Waals surface area contributed by atoms with Crippen molar-refractivity contribution in [2.75, 3.05) is 4.72 Å². The van der Waals surface area contributed by atoms with Crippen LogP contribution in [0.3, 0.4) is 0 Å². The van der Waals surface area contributed by atoms with Crippen LogP contribution in [0.1, 0.15) is 0 Å². The molecule has 0 aliphatic heterocycles. The number of sulfonamides is 2. The average Bonchev–Trinajstić information content (AvgIpc) is 2.39. The molecule has 0 spiro atoms. The highest BCUT2D eigenvalue weighted by molar-refractivity contribution is 7.92. The molecule has 0 aliphatic carbocycles. The zero-order valence-corrected chi connectivity index (χ0v) is 13.5. The summed E-state index contributed by atoms with van der Waals surface area (Å²) in [5.41, 5.74) is -0.563. The first-order valence-corrected chi connectivity index (χ1v) is 9.22. The summed E-state index contributed by atoms with van der Waals surface area (Å²) >= 11 is 5.53. The summed E-state index contributed by atoms with van der Waals surface area (Å²) in [7, 11) is -8.58. The third-order valence-corrected chi connectivity index (χ3v) is 5.24. The summed E-state index contributed by atoms with van der Waals surface area (Å²) in [6.45, 7) is 0. The topological polar surface area (TPSA) is 106 Å². The molecule has 0 saturated heterocycles. The number of anilines is 1. The van der Waals surface area contributed by atoms with Gasteiger partial charge in [0, 0.05) is 5.02 Å². The number of nitrogens with two attached hydrogens (primary N) is 1. The van der Waals surface area contributed by atoms with Crippen molar-refractivity contribution >= 4 is 37.3 Å². The third kappa shape index (κ3) is 3.96. The molecule has 3 N–H and O–H groups in total. The van der Waals surface area contributed by atoms with Gasteiger partial charge in [0.15, 0.2) is 0 Å². The molecule has 0 unspecified atom stereocenters. The largest absolute Gasteiger partial charge is 0.277 e. The molecule has 0 amide bonds. The lowest BCUT2D eigenvalue weighted by atomic mass is 10.3. The molecule has 0 aromatic heterocycles. The van der Waals surface area contributed by atoms with Crippen LogP contribution in [0.15, 0.2) is 46.2 Å². The van der Waals surface area contributed by atoms with Crippen molar-refractivity contribution < 1.29 is 25.6 Å². The van der Waals surface area contributed by atoms with Gasteiger partial charge in [-0.3, -0.25) is 4.72 Å². The first kappa shape index (κ1) is 17.6. The Bertz CT molecular complexity index is 979. The van der Waals surface area contributed by atoms with Crippen molar-refractivity contribution in [2.24, 2.45) is 5.14 Å². The van der Waals surface area contributed by atoms with Crippen molar-refractivity contribution in [3.05, 3.63) is 53.1 Å². The summed E-state index contributed by atoms with van der Waals surface area (Å²) in [5, 5.41) is 4.82. The van der Waals surface area contributed by atoms with Gasteiger partial charge >= 0.3 is 0 Å². The van der Waals surface area contributed by atoms with Crippen LogP contribution in [-0.2, 0) is 20.0 Å². The quantitative estimate of drug-likeness (QED) is 0.844. The smallest absolute Gasteiger partial charge is 0.264 e. The molecule has 0 heterocycles. The maximum absolute atomic E-state index is 13.8. The molecule has 0 atom stereocenters. The monoisotopic (exact) mass is 382 g/mol. The van der Waals surface area contributed by atoms with Gasteiger partial charge in [-0.2, -0.15) is 0 Å². The van der Waals surface area contributed by atoms with E-state index in [1.807, 2.05) is 4.72 Å². The van der Waals surface area contributed by atoms with Gasteiger partial charge in [-0.05, 0) is 36.4 Å². The lowest BCUT2D eigenvalue weighted by Gasteiger charge is -2.10. The van der Waals surface area contributed by atoms with Crippen molar-refractivity contribution in [1.29, 1.82) is 0 Å². The molecule has 23 heavy (non-hydrogen) atoms. The van der Waals surface area contributed by atoms with E-state index in [2.05, 4.69) is 0 Å². The lowest BCUT2D eigenvalue weighted by Crippen LogP contribution is -2.16. The molecule has 0 bridgehead atoms. The van der Waals surface area contributed by atoms with Gasteiger partial charge in [0.2, 0.25) is 10.0 Å². The van der Waals surface area contributed by atoms with Crippen LogP contribution < -0.4 is 9.86 Å². The third-order valence-electron chi connectivity index (χ3n) is 2.70. The highest BCUT2D eigenvalue weighted by atomic mass is 35.5. The van der Waals surface area contributed by atoms with Crippen LogP contribution in [-0.4, -0.2) is 16.8 Å². The molecule has 124 valence electrons. The summed E-state index contributed by atoms with van der Waals surface area (Å²) < 4.78 is 75.6. The van der Waals surface area contributed by atoms with Crippen molar-refractivity contribution in [1.82, 2.24) is 0 Å². The summed E-state index contributed by atoms with van der Waals surface area (Å²) in [5.74, 6) is -2.30. The minimum absolute atomic E-state index is 0.00913. The predicted molar refractivity (Wildman–Crippen MR) is 80.0 cm³/mol. The van der Waals surface area contributed by atoms with Crippen LogP contribution in [0.2, 0.25) is 5.02 Å². The standard InChI is InChI=1S/C12H9ClF2N2O4S2/c13-7-1-4-12(10(15)5-7)23(20,21)17-11-3-2-8(6-9(11)14)22(16,18)19/h1-6,17H,(H2,16,18,19). The number of rotatable bonds is 4. The second-order valence-electron chi connectivity index (χ2n) is 4.37.